The van der Waals surface area contributed by atoms with Gasteiger partial charge in [0, 0.05) is 26.0 Å². The number of aromatic nitrogens is 2. The fourth-order valence-corrected chi connectivity index (χ4v) is 5.11. The molecular formula is C15H19N3O2S2. The molecule has 0 saturated carbocycles. The van der Waals surface area contributed by atoms with Gasteiger partial charge < -0.3 is 4.90 Å². The lowest BCUT2D eigenvalue weighted by Crippen LogP contribution is -2.30. The van der Waals surface area contributed by atoms with Gasteiger partial charge in [-0.1, -0.05) is 11.8 Å². The summed E-state index contributed by atoms with van der Waals surface area (Å²) >= 11 is 2.98. The van der Waals surface area contributed by atoms with E-state index >= 15 is 0 Å². The van der Waals surface area contributed by atoms with Crippen LogP contribution >= 0.6 is 23.1 Å². The van der Waals surface area contributed by atoms with Crippen molar-refractivity contribution in [2.75, 3.05) is 14.1 Å². The van der Waals surface area contributed by atoms with Gasteiger partial charge >= 0.3 is 0 Å². The second-order valence-corrected chi connectivity index (χ2v) is 8.18. The van der Waals surface area contributed by atoms with Crippen LogP contribution in [0.4, 0.5) is 0 Å². The fourth-order valence-electron chi connectivity index (χ4n) is 2.78. The lowest BCUT2D eigenvalue weighted by atomic mass is 10.2. The first kappa shape index (κ1) is 15.6. The van der Waals surface area contributed by atoms with E-state index in [1.165, 1.54) is 22.2 Å². The molecule has 7 heteroatoms. The highest BCUT2D eigenvalue weighted by molar-refractivity contribution is 8.00. The zero-order valence-electron chi connectivity index (χ0n) is 13.2. The second kappa shape index (κ2) is 5.70. The highest BCUT2D eigenvalue weighted by Crippen LogP contribution is 2.35. The number of nitrogens with zero attached hydrogens (tertiary/aromatic N) is 3. The average molecular weight is 337 g/mol. The molecule has 0 spiro atoms. The molecule has 1 aliphatic carbocycles. The molecule has 0 aromatic carbocycles. The summed E-state index contributed by atoms with van der Waals surface area (Å²) in [7, 11) is 5.21. The molecule has 2 heterocycles. The van der Waals surface area contributed by atoms with Crippen LogP contribution in [0.15, 0.2) is 9.95 Å². The smallest absolute Gasteiger partial charge is 0.262 e. The summed E-state index contributed by atoms with van der Waals surface area (Å²) < 4.78 is 1.58. The number of aryl methyl sites for hydroxylation is 2. The van der Waals surface area contributed by atoms with Crippen molar-refractivity contribution in [3.05, 3.63) is 20.8 Å². The highest BCUT2D eigenvalue weighted by Gasteiger charge is 2.24. The van der Waals surface area contributed by atoms with E-state index in [-0.39, 0.29) is 16.7 Å². The van der Waals surface area contributed by atoms with E-state index in [1.807, 2.05) is 6.92 Å². The maximum absolute atomic E-state index is 12.7. The van der Waals surface area contributed by atoms with E-state index in [1.54, 1.807) is 41.9 Å². The average Bonchev–Trinajstić information content (AvgIpc) is 3.03. The Labute approximate surface area is 137 Å². The van der Waals surface area contributed by atoms with Gasteiger partial charge in [0.05, 0.1) is 10.6 Å². The first-order chi connectivity index (χ1) is 10.4. The summed E-state index contributed by atoms with van der Waals surface area (Å²) in [5, 5.41) is 1.13. The maximum atomic E-state index is 12.7. The third kappa shape index (κ3) is 2.46. The standard InChI is InChI=1S/C15H19N3O2S2/c1-8(13(19)17(2)3)21-15-16-12-11(14(20)18(15)4)9-6-5-7-10(9)22-12/h8H,5-7H2,1-4H3/t8-/m0/s1. The van der Waals surface area contributed by atoms with Crippen LogP contribution in [0, 0.1) is 0 Å². The van der Waals surface area contributed by atoms with Crippen LogP contribution in [0.3, 0.4) is 0 Å². The first-order valence-corrected chi connectivity index (χ1v) is 8.99. The summed E-state index contributed by atoms with van der Waals surface area (Å²) in [5.41, 5.74) is 1.21. The summed E-state index contributed by atoms with van der Waals surface area (Å²) in [5.74, 6) is 0.0213. The molecule has 0 radical (unpaired) electrons. The molecule has 0 N–H and O–H groups in total. The second-order valence-electron chi connectivity index (χ2n) is 5.79. The zero-order valence-corrected chi connectivity index (χ0v) is 14.8. The van der Waals surface area contributed by atoms with E-state index in [4.69, 9.17) is 0 Å². The predicted molar refractivity (Wildman–Crippen MR) is 90.9 cm³/mol. The third-order valence-electron chi connectivity index (χ3n) is 3.98. The van der Waals surface area contributed by atoms with Crippen LogP contribution in [0.25, 0.3) is 10.2 Å². The van der Waals surface area contributed by atoms with Gasteiger partial charge in [-0.2, -0.15) is 0 Å². The number of hydrogen-bond donors (Lipinski definition) is 0. The quantitative estimate of drug-likeness (QED) is 0.635. The Balaban J connectivity index is 2.03. The van der Waals surface area contributed by atoms with Crippen LogP contribution in [0.2, 0.25) is 0 Å². The van der Waals surface area contributed by atoms with Gasteiger partial charge in [-0.25, -0.2) is 4.98 Å². The lowest BCUT2D eigenvalue weighted by Gasteiger charge is -2.17. The minimum absolute atomic E-state index is 0.0106. The van der Waals surface area contributed by atoms with Gasteiger partial charge in [-0.3, -0.25) is 14.2 Å². The SMILES string of the molecule is C[C@H](Sc1nc2sc3c(c2c(=O)n1C)CCC3)C(=O)N(C)C. The summed E-state index contributed by atoms with van der Waals surface area (Å²) in [6.45, 7) is 1.84. The first-order valence-electron chi connectivity index (χ1n) is 7.29. The summed E-state index contributed by atoms with van der Waals surface area (Å²) in [6, 6.07) is 0. The van der Waals surface area contributed by atoms with E-state index in [9.17, 15) is 9.59 Å². The number of hydrogen-bond acceptors (Lipinski definition) is 5. The molecular weight excluding hydrogens is 318 g/mol. The molecule has 3 rings (SSSR count). The number of thioether (sulfide) groups is 1. The number of amides is 1. The highest BCUT2D eigenvalue weighted by atomic mass is 32.2. The van der Waals surface area contributed by atoms with Crippen molar-refractivity contribution in [3.63, 3.8) is 0 Å². The molecule has 0 fully saturated rings. The van der Waals surface area contributed by atoms with Crippen molar-refractivity contribution < 1.29 is 4.79 Å². The molecule has 22 heavy (non-hydrogen) atoms. The Morgan fingerprint density at radius 3 is 2.82 bits per heavy atom. The number of thiophene rings is 1. The number of fused-ring (bicyclic) bond motifs is 3. The van der Waals surface area contributed by atoms with Crippen LogP contribution in [-0.2, 0) is 24.7 Å². The topological polar surface area (TPSA) is 55.2 Å². The summed E-state index contributed by atoms with van der Waals surface area (Å²) in [6.07, 6.45) is 3.16. The number of carbonyl (C=O) groups excluding carboxylic acids is 1. The van der Waals surface area contributed by atoms with Crippen LogP contribution in [0.5, 0.6) is 0 Å². The molecule has 2 aromatic rings. The van der Waals surface area contributed by atoms with Crippen molar-refractivity contribution in [2.45, 2.75) is 36.6 Å². The largest absolute Gasteiger partial charge is 0.348 e. The Hall–Kier alpha value is -1.34. The summed E-state index contributed by atoms with van der Waals surface area (Å²) in [4.78, 5) is 33.0. The molecule has 2 aromatic heterocycles. The molecule has 1 atom stereocenters. The van der Waals surface area contributed by atoms with Crippen molar-refractivity contribution in [3.8, 4) is 0 Å². The predicted octanol–water partition coefficient (Wildman–Crippen LogP) is 2.05. The molecule has 0 saturated heterocycles. The van der Waals surface area contributed by atoms with Gasteiger partial charge in [-0.15, -0.1) is 11.3 Å². The molecule has 118 valence electrons. The van der Waals surface area contributed by atoms with Crippen LogP contribution in [0.1, 0.15) is 23.8 Å². The minimum Gasteiger partial charge on any atom is -0.348 e. The number of carbonyl (C=O) groups is 1. The molecule has 0 bridgehead atoms. The van der Waals surface area contributed by atoms with Gasteiger partial charge in [0.25, 0.3) is 5.56 Å². The van der Waals surface area contributed by atoms with E-state index in [2.05, 4.69) is 4.98 Å². The lowest BCUT2D eigenvalue weighted by molar-refractivity contribution is -0.127. The van der Waals surface area contributed by atoms with Crippen LogP contribution < -0.4 is 5.56 Å². The van der Waals surface area contributed by atoms with Gasteiger partial charge in [0.2, 0.25) is 5.91 Å². The Bertz CT molecular complexity index is 807. The Kier molecular flexibility index (Phi) is 4.03. The van der Waals surface area contributed by atoms with E-state index < -0.39 is 0 Å². The monoisotopic (exact) mass is 337 g/mol. The molecule has 1 amide bonds. The fraction of sp³-hybridized carbons (Fsp3) is 0.533. The van der Waals surface area contributed by atoms with Crippen LogP contribution in [-0.4, -0.2) is 39.7 Å². The Morgan fingerprint density at radius 1 is 1.41 bits per heavy atom. The van der Waals surface area contributed by atoms with Gasteiger partial charge in [0.1, 0.15) is 4.83 Å². The zero-order chi connectivity index (χ0) is 16.0. The third-order valence-corrected chi connectivity index (χ3v) is 6.29. The number of rotatable bonds is 3. The van der Waals surface area contributed by atoms with Crippen molar-refractivity contribution >= 4 is 39.2 Å². The van der Waals surface area contributed by atoms with Crippen molar-refractivity contribution in [1.82, 2.24) is 14.5 Å². The normalized spacial score (nSPS) is 15.1. The minimum atomic E-state index is -0.266. The molecule has 1 aliphatic rings. The molecule has 5 nitrogen and oxygen atoms in total. The molecule has 0 aliphatic heterocycles. The van der Waals surface area contributed by atoms with E-state index in [0.717, 1.165) is 29.5 Å². The van der Waals surface area contributed by atoms with Gasteiger partial charge in [-0.05, 0) is 31.7 Å². The van der Waals surface area contributed by atoms with Gasteiger partial charge in [0.15, 0.2) is 5.16 Å². The molecule has 0 unspecified atom stereocenters. The van der Waals surface area contributed by atoms with E-state index in [0.29, 0.717) is 5.16 Å². The van der Waals surface area contributed by atoms with Crippen molar-refractivity contribution in [1.29, 1.82) is 0 Å². The Morgan fingerprint density at radius 2 is 2.14 bits per heavy atom. The maximum Gasteiger partial charge on any atom is 0.262 e. The van der Waals surface area contributed by atoms with Crippen molar-refractivity contribution in [2.24, 2.45) is 7.05 Å².